The van der Waals surface area contributed by atoms with E-state index in [2.05, 4.69) is 6.92 Å². The lowest BCUT2D eigenvalue weighted by Gasteiger charge is -2.05. The molecule has 0 amide bonds. The summed E-state index contributed by atoms with van der Waals surface area (Å²) in [6.45, 7) is 2.26. The Kier molecular flexibility index (Phi) is 14.0. The molecule has 0 aromatic heterocycles. The van der Waals surface area contributed by atoms with Crippen molar-refractivity contribution in [1.82, 2.24) is 0 Å². The first-order chi connectivity index (χ1) is 13.6. The van der Waals surface area contributed by atoms with E-state index >= 15 is 0 Å². The van der Waals surface area contributed by atoms with E-state index in [9.17, 15) is 15.0 Å². The molecular formula is C25H40O3. The summed E-state index contributed by atoms with van der Waals surface area (Å²) in [5.74, 6) is -0.649. The highest BCUT2D eigenvalue weighted by Gasteiger charge is 2.07. The van der Waals surface area contributed by atoms with Gasteiger partial charge < -0.3 is 10.2 Å². The number of hydrogen-bond acceptors (Lipinski definition) is 2. The molecule has 0 saturated heterocycles. The Labute approximate surface area is 171 Å². The summed E-state index contributed by atoms with van der Waals surface area (Å²) in [5, 5.41) is 18.7. The SMILES string of the molecule is CCCCCCCCCCCCCCCC/C(=C\c1ccc(O)cc1)C(=O)O. The summed E-state index contributed by atoms with van der Waals surface area (Å²) in [7, 11) is 0. The van der Waals surface area contributed by atoms with E-state index in [1.54, 1.807) is 30.3 Å². The van der Waals surface area contributed by atoms with Gasteiger partial charge >= 0.3 is 5.97 Å². The maximum Gasteiger partial charge on any atom is 0.331 e. The van der Waals surface area contributed by atoms with Gasteiger partial charge in [-0.1, -0.05) is 103 Å². The van der Waals surface area contributed by atoms with Gasteiger partial charge in [0.05, 0.1) is 0 Å². The van der Waals surface area contributed by atoms with Crippen molar-refractivity contribution in [2.24, 2.45) is 0 Å². The number of rotatable bonds is 17. The van der Waals surface area contributed by atoms with E-state index in [1.165, 1.54) is 77.0 Å². The van der Waals surface area contributed by atoms with Crippen molar-refractivity contribution in [3.05, 3.63) is 35.4 Å². The van der Waals surface area contributed by atoms with Crippen LogP contribution in [0.5, 0.6) is 5.75 Å². The van der Waals surface area contributed by atoms with Crippen molar-refractivity contribution < 1.29 is 15.0 Å². The molecule has 0 fully saturated rings. The fourth-order valence-corrected chi connectivity index (χ4v) is 3.52. The molecule has 1 rings (SSSR count). The Balaban J connectivity index is 2.03. The highest BCUT2D eigenvalue weighted by Crippen LogP contribution is 2.18. The molecule has 3 nitrogen and oxygen atoms in total. The van der Waals surface area contributed by atoms with Crippen molar-refractivity contribution in [2.45, 2.75) is 103 Å². The van der Waals surface area contributed by atoms with Gasteiger partial charge in [-0.25, -0.2) is 4.79 Å². The van der Waals surface area contributed by atoms with Crippen LogP contribution in [0.2, 0.25) is 0 Å². The van der Waals surface area contributed by atoms with E-state index in [-0.39, 0.29) is 5.75 Å². The molecule has 0 heterocycles. The quantitative estimate of drug-likeness (QED) is 0.212. The van der Waals surface area contributed by atoms with E-state index in [0.717, 1.165) is 18.4 Å². The lowest BCUT2D eigenvalue weighted by molar-refractivity contribution is -0.132. The third-order valence-corrected chi connectivity index (χ3v) is 5.31. The highest BCUT2D eigenvalue weighted by molar-refractivity contribution is 5.92. The minimum Gasteiger partial charge on any atom is -0.508 e. The molecule has 1 aromatic rings. The van der Waals surface area contributed by atoms with Gasteiger partial charge in [-0.2, -0.15) is 0 Å². The van der Waals surface area contributed by atoms with Crippen LogP contribution in [0.15, 0.2) is 29.8 Å². The summed E-state index contributed by atoms with van der Waals surface area (Å²) >= 11 is 0. The van der Waals surface area contributed by atoms with E-state index in [0.29, 0.717) is 12.0 Å². The third-order valence-electron chi connectivity index (χ3n) is 5.31. The predicted octanol–water partition coefficient (Wildman–Crippen LogP) is 7.73. The smallest absolute Gasteiger partial charge is 0.331 e. The molecule has 0 radical (unpaired) electrons. The topological polar surface area (TPSA) is 57.5 Å². The Hall–Kier alpha value is -1.77. The number of hydrogen-bond donors (Lipinski definition) is 2. The number of carbonyl (C=O) groups is 1. The molecule has 3 heteroatoms. The molecule has 0 bridgehead atoms. The number of benzene rings is 1. The van der Waals surface area contributed by atoms with Crippen LogP contribution < -0.4 is 0 Å². The van der Waals surface area contributed by atoms with Crippen LogP contribution in [0.25, 0.3) is 6.08 Å². The molecule has 0 spiro atoms. The first-order valence-corrected chi connectivity index (χ1v) is 11.4. The third kappa shape index (κ3) is 12.6. The van der Waals surface area contributed by atoms with Crippen molar-refractivity contribution in [1.29, 1.82) is 0 Å². The number of phenolic OH excluding ortho intramolecular Hbond substituents is 1. The maximum absolute atomic E-state index is 11.4. The standard InChI is InChI=1S/C25H40O3/c1-2-3-4-5-6-7-8-9-10-11-12-13-14-15-16-23(25(27)28)21-22-17-19-24(26)20-18-22/h17-21,26H,2-16H2,1H3,(H,27,28)/b23-21+. The molecule has 0 saturated carbocycles. The van der Waals surface area contributed by atoms with Gasteiger partial charge in [0.25, 0.3) is 0 Å². The maximum atomic E-state index is 11.4. The zero-order valence-electron chi connectivity index (χ0n) is 17.8. The van der Waals surface area contributed by atoms with Crippen molar-refractivity contribution in [3.8, 4) is 5.75 Å². The first kappa shape index (κ1) is 24.3. The average molecular weight is 389 g/mol. The van der Waals surface area contributed by atoms with Gasteiger partial charge in [0.15, 0.2) is 0 Å². The van der Waals surface area contributed by atoms with Gasteiger partial charge in [0.1, 0.15) is 5.75 Å². The van der Waals surface area contributed by atoms with Gasteiger partial charge in [-0.05, 0) is 36.6 Å². The summed E-state index contributed by atoms with van der Waals surface area (Å²) in [6, 6.07) is 6.64. The Morgan fingerprint density at radius 2 is 1.18 bits per heavy atom. The zero-order chi connectivity index (χ0) is 20.5. The summed E-state index contributed by atoms with van der Waals surface area (Å²) in [4.78, 5) is 11.4. The lowest BCUT2D eigenvalue weighted by atomic mass is 10.0. The van der Waals surface area contributed by atoms with Crippen LogP contribution in [-0.2, 0) is 4.79 Å². The second kappa shape index (κ2) is 16.2. The molecule has 0 unspecified atom stereocenters. The second-order valence-corrected chi connectivity index (χ2v) is 7.91. The number of carboxylic acids is 1. The summed E-state index contributed by atoms with van der Waals surface area (Å²) in [6.07, 6.45) is 20.5. The van der Waals surface area contributed by atoms with E-state index in [4.69, 9.17) is 0 Å². The molecule has 0 aliphatic carbocycles. The van der Waals surface area contributed by atoms with Gasteiger partial charge in [0, 0.05) is 5.57 Å². The minimum atomic E-state index is -0.845. The molecule has 2 N–H and O–H groups in total. The van der Waals surface area contributed by atoms with Crippen molar-refractivity contribution >= 4 is 12.0 Å². The van der Waals surface area contributed by atoms with Crippen LogP contribution in [-0.4, -0.2) is 16.2 Å². The normalized spacial score (nSPS) is 11.7. The van der Waals surface area contributed by atoms with Crippen molar-refractivity contribution in [2.75, 3.05) is 0 Å². The predicted molar refractivity (Wildman–Crippen MR) is 119 cm³/mol. The summed E-state index contributed by atoms with van der Waals surface area (Å²) < 4.78 is 0. The van der Waals surface area contributed by atoms with Crippen LogP contribution in [0.4, 0.5) is 0 Å². The van der Waals surface area contributed by atoms with Crippen molar-refractivity contribution in [3.63, 3.8) is 0 Å². The lowest BCUT2D eigenvalue weighted by Crippen LogP contribution is -2.00. The van der Waals surface area contributed by atoms with Gasteiger partial charge in [-0.15, -0.1) is 0 Å². The molecule has 0 aliphatic rings. The Morgan fingerprint density at radius 3 is 1.61 bits per heavy atom. The number of carboxylic acid groups (broad SMARTS) is 1. The fraction of sp³-hybridized carbons (Fsp3) is 0.640. The zero-order valence-corrected chi connectivity index (χ0v) is 17.8. The van der Waals surface area contributed by atoms with Gasteiger partial charge in [-0.3, -0.25) is 0 Å². The Bertz CT molecular complexity index is 545. The number of phenols is 1. The van der Waals surface area contributed by atoms with E-state index < -0.39 is 5.97 Å². The summed E-state index contributed by atoms with van der Waals surface area (Å²) in [5.41, 5.74) is 1.27. The van der Waals surface area contributed by atoms with Crippen LogP contribution in [0, 0.1) is 0 Å². The molecule has 0 atom stereocenters. The largest absolute Gasteiger partial charge is 0.508 e. The van der Waals surface area contributed by atoms with Crippen LogP contribution >= 0.6 is 0 Å². The number of aromatic hydroxyl groups is 1. The second-order valence-electron chi connectivity index (χ2n) is 7.91. The first-order valence-electron chi connectivity index (χ1n) is 11.4. The minimum absolute atomic E-state index is 0.195. The highest BCUT2D eigenvalue weighted by atomic mass is 16.4. The number of aliphatic carboxylic acids is 1. The van der Waals surface area contributed by atoms with Crippen LogP contribution in [0.1, 0.15) is 109 Å². The van der Waals surface area contributed by atoms with Crippen LogP contribution in [0.3, 0.4) is 0 Å². The molecule has 0 aliphatic heterocycles. The number of unbranched alkanes of at least 4 members (excludes halogenated alkanes) is 13. The fourth-order valence-electron chi connectivity index (χ4n) is 3.52. The Morgan fingerprint density at radius 1 is 0.750 bits per heavy atom. The molecule has 28 heavy (non-hydrogen) atoms. The molecule has 1 aromatic carbocycles. The van der Waals surface area contributed by atoms with Gasteiger partial charge in [0.2, 0.25) is 0 Å². The van der Waals surface area contributed by atoms with E-state index in [1.807, 2.05) is 0 Å². The monoisotopic (exact) mass is 388 g/mol. The molecular weight excluding hydrogens is 348 g/mol. The average Bonchev–Trinajstić information content (AvgIpc) is 2.68. The molecule has 158 valence electrons.